The fourth-order valence-corrected chi connectivity index (χ4v) is 4.05. The van der Waals surface area contributed by atoms with Gasteiger partial charge in [-0.2, -0.15) is 0 Å². The number of carbonyl (C=O) groups is 1. The Morgan fingerprint density at radius 2 is 1.80 bits per heavy atom. The van der Waals surface area contributed by atoms with Gasteiger partial charge >= 0.3 is 0 Å². The van der Waals surface area contributed by atoms with E-state index in [9.17, 15) is 9.90 Å². The zero-order valence-electron chi connectivity index (χ0n) is 15.3. The third-order valence-electron chi connectivity index (χ3n) is 5.44. The van der Waals surface area contributed by atoms with Crippen LogP contribution < -0.4 is 10.2 Å². The maximum atomic E-state index is 12.4. The number of likely N-dealkylation sites (tertiary alicyclic amines) is 1. The quantitative estimate of drug-likeness (QED) is 0.862. The van der Waals surface area contributed by atoms with Gasteiger partial charge < -0.3 is 15.3 Å². The maximum Gasteiger partial charge on any atom is 0.238 e. The Morgan fingerprint density at radius 1 is 1.12 bits per heavy atom. The van der Waals surface area contributed by atoms with E-state index in [0.717, 1.165) is 44.6 Å². The fourth-order valence-electron chi connectivity index (χ4n) is 4.05. The lowest BCUT2D eigenvalue weighted by Crippen LogP contribution is -2.48. The van der Waals surface area contributed by atoms with Crippen LogP contribution >= 0.6 is 0 Å². The molecule has 2 aliphatic rings. The minimum Gasteiger partial charge on any atom is -0.392 e. The molecule has 0 bridgehead atoms. The second-order valence-corrected chi connectivity index (χ2v) is 7.42. The topological polar surface area (TPSA) is 55.8 Å². The number of hydrogen-bond acceptors (Lipinski definition) is 4. The molecule has 1 aromatic carbocycles. The van der Waals surface area contributed by atoms with Crippen LogP contribution in [-0.4, -0.2) is 54.2 Å². The van der Waals surface area contributed by atoms with Gasteiger partial charge in [-0.05, 0) is 69.8 Å². The van der Waals surface area contributed by atoms with Crippen molar-refractivity contribution in [3.63, 3.8) is 0 Å². The molecular formula is C20H31N3O2. The highest BCUT2D eigenvalue weighted by atomic mass is 16.3. The molecule has 25 heavy (non-hydrogen) atoms. The number of rotatable bonds is 5. The maximum absolute atomic E-state index is 12.4. The third-order valence-corrected chi connectivity index (χ3v) is 5.44. The predicted molar refractivity (Wildman–Crippen MR) is 102 cm³/mol. The summed E-state index contributed by atoms with van der Waals surface area (Å²) in [5.41, 5.74) is 2.08. The lowest BCUT2D eigenvalue weighted by Gasteiger charge is -2.36. The molecule has 5 heteroatoms. The van der Waals surface area contributed by atoms with Crippen molar-refractivity contribution in [1.29, 1.82) is 0 Å². The summed E-state index contributed by atoms with van der Waals surface area (Å²) in [6, 6.07) is 8.27. The number of nitrogens with zero attached hydrogens (tertiary/aromatic N) is 2. The number of hydrogen-bond donors (Lipinski definition) is 2. The van der Waals surface area contributed by atoms with Gasteiger partial charge in [0.15, 0.2) is 0 Å². The van der Waals surface area contributed by atoms with E-state index >= 15 is 0 Å². The Bertz CT molecular complexity index is 553. The van der Waals surface area contributed by atoms with Crippen LogP contribution in [0, 0.1) is 0 Å². The molecule has 0 saturated carbocycles. The van der Waals surface area contributed by atoms with Gasteiger partial charge in [-0.1, -0.05) is 6.42 Å². The number of piperidine rings is 2. The van der Waals surface area contributed by atoms with Crippen LogP contribution in [0.1, 0.15) is 45.4 Å². The van der Waals surface area contributed by atoms with Crippen molar-refractivity contribution in [3.05, 3.63) is 24.3 Å². The molecule has 1 aromatic rings. The van der Waals surface area contributed by atoms with Gasteiger partial charge in [-0.25, -0.2) is 0 Å². The zero-order chi connectivity index (χ0) is 17.6. The van der Waals surface area contributed by atoms with E-state index in [1.54, 1.807) is 0 Å². The summed E-state index contributed by atoms with van der Waals surface area (Å²) in [7, 11) is 0. The number of aliphatic hydroxyl groups is 1. The molecule has 5 nitrogen and oxygen atoms in total. The van der Waals surface area contributed by atoms with Crippen molar-refractivity contribution in [1.82, 2.24) is 4.90 Å². The van der Waals surface area contributed by atoms with Gasteiger partial charge in [-0.15, -0.1) is 0 Å². The van der Waals surface area contributed by atoms with Gasteiger partial charge in [0.25, 0.3) is 0 Å². The summed E-state index contributed by atoms with van der Waals surface area (Å²) in [4.78, 5) is 16.9. The molecule has 2 aliphatic heterocycles. The van der Waals surface area contributed by atoms with E-state index < -0.39 is 6.10 Å². The summed E-state index contributed by atoms with van der Waals surface area (Å²) in [6.07, 6.45) is 6.66. The van der Waals surface area contributed by atoms with Crippen molar-refractivity contribution in [2.75, 3.05) is 36.4 Å². The molecule has 0 spiro atoms. The standard InChI is InChI=1S/C20H31N3O2/c1-16(24)19-7-3-6-14-23(19)15-20(25)21-17-8-10-18(11-9-17)22-12-4-2-5-13-22/h8-11,16,19,24H,2-7,12-15H2,1H3,(H,21,25). The highest BCUT2D eigenvalue weighted by Gasteiger charge is 2.27. The van der Waals surface area contributed by atoms with Crippen LogP contribution in [0.5, 0.6) is 0 Å². The van der Waals surface area contributed by atoms with Gasteiger partial charge in [0.05, 0.1) is 12.6 Å². The first-order valence-corrected chi connectivity index (χ1v) is 9.70. The van der Waals surface area contributed by atoms with Crippen LogP contribution in [-0.2, 0) is 4.79 Å². The van der Waals surface area contributed by atoms with Gasteiger partial charge in [0, 0.05) is 30.5 Å². The number of benzene rings is 1. The normalized spacial score (nSPS) is 23.3. The number of carbonyl (C=O) groups excluding carboxylic acids is 1. The lowest BCUT2D eigenvalue weighted by molar-refractivity contribution is -0.118. The van der Waals surface area contributed by atoms with Crippen LogP contribution in [0.4, 0.5) is 11.4 Å². The molecule has 2 N–H and O–H groups in total. The molecule has 0 aliphatic carbocycles. The van der Waals surface area contributed by atoms with Gasteiger partial charge in [0.2, 0.25) is 5.91 Å². The van der Waals surface area contributed by atoms with E-state index in [-0.39, 0.29) is 11.9 Å². The fraction of sp³-hybridized carbons (Fsp3) is 0.650. The molecule has 2 saturated heterocycles. The zero-order valence-corrected chi connectivity index (χ0v) is 15.3. The smallest absolute Gasteiger partial charge is 0.238 e. The Hall–Kier alpha value is -1.59. The van der Waals surface area contributed by atoms with Crippen molar-refractivity contribution < 1.29 is 9.90 Å². The molecule has 0 aromatic heterocycles. The molecule has 1 amide bonds. The molecule has 0 radical (unpaired) electrons. The largest absolute Gasteiger partial charge is 0.392 e. The van der Waals surface area contributed by atoms with E-state index in [1.165, 1.54) is 24.9 Å². The van der Waals surface area contributed by atoms with E-state index in [2.05, 4.69) is 27.2 Å². The van der Waals surface area contributed by atoms with Gasteiger partial charge in [-0.3, -0.25) is 9.69 Å². The number of aliphatic hydroxyl groups excluding tert-OH is 1. The first-order valence-electron chi connectivity index (χ1n) is 9.70. The average Bonchev–Trinajstić information content (AvgIpc) is 2.63. The molecule has 2 atom stereocenters. The van der Waals surface area contributed by atoms with E-state index in [1.807, 2.05) is 19.1 Å². The summed E-state index contributed by atoms with van der Waals surface area (Å²) in [5, 5.41) is 12.9. The summed E-state index contributed by atoms with van der Waals surface area (Å²) in [5.74, 6) is -0.00160. The lowest BCUT2D eigenvalue weighted by atomic mass is 9.98. The molecule has 3 rings (SSSR count). The van der Waals surface area contributed by atoms with Crippen LogP contribution in [0.3, 0.4) is 0 Å². The van der Waals surface area contributed by atoms with Crippen LogP contribution in [0.25, 0.3) is 0 Å². The second-order valence-electron chi connectivity index (χ2n) is 7.42. The first kappa shape index (κ1) is 18.2. The Kier molecular flexibility index (Phi) is 6.32. The molecular weight excluding hydrogens is 314 g/mol. The summed E-state index contributed by atoms with van der Waals surface area (Å²) in [6.45, 7) is 5.31. The molecule has 2 heterocycles. The minimum absolute atomic E-state index is 0.00160. The van der Waals surface area contributed by atoms with Gasteiger partial charge in [0.1, 0.15) is 0 Å². The first-order chi connectivity index (χ1) is 12.1. The van der Waals surface area contributed by atoms with Crippen molar-refractivity contribution in [2.24, 2.45) is 0 Å². The van der Waals surface area contributed by atoms with Crippen LogP contribution in [0.2, 0.25) is 0 Å². The van der Waals surface area contributed by atoms with Crippen molar-refractivity contribution >= 4 is 17.3 Å². The molecule has 2 fully saturated rings. The Morgan fingerprint density at radius 3 is 2.48 bits per heavy atom. The minimum atomic E-state index is -0.392. The molecule has 2 unspecified atom stereocenters. The van der Waals surface area contributed by atoms with E-state index in [0.29, 0.717) is 6.54 Å². The Labute approximate surface area is 151 Å². The van der Waals surface area contributed by atoms with Crippen molar-refractivity contribution in [3.8, 4) is 0 Å². The summed E-state index contributed by atoms with van der Waals surface area (Å²) < 4.78 is 0. The highest BCUT2D eigenvalue weighted by molar-refractivity contribution is 5.92. The average molecular weight is 345 g/mol. The van der Waals surface area contributed by atoms with E-state index in [4.69, 9.17) is 0 Å². The second kappa shape index (κ2) is 8.68. The number of nitrogens with one attached hydrogen (secondary N) is 1. The number of amides is 1. The number of anilines is 2. The third kappa shape index (κ3) is 4.95. The summed E-state index contributed by atoms with van der Waals surface area (Å²) >= 11 is 0. The predicted octanol–water partition coefficient (Wildman–Crippen LogP) is 2.85. The monoisotopic (exact) mass is 345 g/mol. The SMILES string of the molecule is CC(O)C1CCCCN1CC(=O)Nc1ccc(N2CCCCC2)cc1. The highest BCUT2D eigenvalue weighted by Crippen LogP contribution is 2.22. The Balaban J connectivity index is 1.53. The molecule has 138 valence electrons. The van der Waals surface area contributed by atoms with Crippen molar-refractivity contribution in [2.45, 2.75) is 57.6 Å². The van der Waals surface area contributed by atoms with Crippen LogP contribution in [0.15, 0.2) is 24.3 Å².